The van der Waals surface area contributed by atoms with Crippen molar-refractivity contribution >= 4 is 0 Å². The molecule has 1 aliphatic carbocycles. The summed E-state index contributed by atoms with van der Waals surface area (Å²) in [5.74, 6) is 0.727. The summed E-state index contributed by atoms with van der Waals surface area (Å²) in [7, 11) is 0. The topological polar surface area (TPSA) is 29.3 Å². The average molecular weight is 216 g/mol. The predicted molar refractivity (Wildman–Crippen MR) is 66.4 cm³/mol. The third kappa shape index (κ3) is 1.66. The summed E-state index contributed by atoms with van der Waals surface area (Å²) in [5.41, 5.74) is 7.78. The van der Waals surface area contributed by atoms with Gasteiger partial charge in [-0.1, -0.05) is 30.3 Å². The van der Waals surface area contributed by atoms with Crippen LogP contribution in [0.25, 0.3) is 0 Å². The number of nitrogens with two attached hydrogens (primary N) is 1. The Morgan fingerprint density at radius 2 is 2.00 bits per heavy atom. The summed E-state index contributed by atoms with van der Waals surface area (Å²) < 4.78 is 0. The van der Waals surface area contributed by atoms with Crippen molar-refractivity contribution in [1.29, 1.82) is 0 Å². The van der Waals surface area contributed by atoms with Crippen LogP contribution in [-0.4, -0.2) is 30.1 Å². The fraction of sp³-hybridized carbons (Fsp3) is 0.571. The Kier molecular flexibility index (Phi) is 2.49. The smallest absolute Gasteiger partial charge is 0.0333 e. The van der Waals surface area contributed by atoms with Gasteiger partial charge in [0, 0.05) is 18.6 Å². The number of likely N-dealkylation sites (tertiary alicyclic amines) is 1. The largest absolute Gasteiger partial charge is 0.329 e. The second-order valence-electron chi connectivity index (χ2n) is 5.27. The molecule has 0 spiro atoms. The van der Waals surface area contributed by atoms with Crippen molar-refractivity contribution in [3.05, 3.63) is 35.9 Å². The van der Waals surface area contributed by atoms with Crippen molar-refractivity contribution in [2.75, 3.05) is 19.6 Å². The van der Waals surface area contributed by atoms with Gasteiger partial charge in [0.1, 0.15) is 0 Å². The molecule has 1 unspecified atom stereocenters. The van der Waals surface area contributed by atoms with Crippen LogP contribution in [0.2, 0.25) is 0 Å². The lowest BCUT2D eigenvalue weighted by Gasteiger charge is -2.26. The fourth-order valence-corrected chi connectivity index (χ4v) is 2.98. The minimum absolute atomic E-state index is 0.392. The van der Waals surface area contributed by atoms with E-state index in [2.05, 4.69) is 35.2 Å². The van der Waals surface area contributed by atoms with Gasteiger partial charge in [-0.3, -0.25) is 4.90 Å². The molecule has 1 aromatic carbocycles. The number of hydrogen-bond acceptors (Lipinski definition) is 2. The second-order valence-corrected chi connectivity index (χ2v) is 5.27. The lowest BCUT2D eigenvalue weighted by molar-refractivity contribution is 0.224. The third-order valence-electron chi connectivity index (χ3n) is 4.34. The van der Waals surface area contributed by atoms with Crippen LogP contribution in [0.3, 0.4) is 0 Å². The SMILES string of the molecule is NCC1(N2CCC(c3ccccc3)C2)CC1. The Balaban J connectivity index is 1.70. The molecule has 1 aliphatic heterocycles. The number of benzene rings is 1. The second kappa shape index (κ2) is 3.86. The van der Waals surface area contributed by atoms with Gasteiger partial charge in [0.15, 0.2) is 0 Å². The average Bonchev–Trinajstić information content (AvgIpc) is 3.00. The van der Waals surface area contributed by atoms with Gasteiger partial charge in [-0.05, 0) is 37.3 Å². The molecule has 86 valence electrons. The normalized spacial score (nSPS) is 28.2. The van der Waals surface area contributed by atoms with E-state index in [1.807, 2.05) is 0 Å². The monoisotopic (exact) mass is 216 g/mol. The van der Waals surface area contributed by atoms with E-state index < -0.39 is 0 Å². The van der Waals surface area contributed by atoms with Crippen molar-refractivity contribution in [2.24, 2.45) is 5.73 Å². The van der Waals surface area contributed by atoms with E-state index >= 15 is 0 Å². The molecule has 1 heterocycles. The number of hydrogen-bond donors (Lipinski definition) is 1. The zero-order chi connectivity index (χ0) is 11.0. The van der Waals surface area contributed by atoms with E-state index in [9.17, 15) is 0 Å². The minimum atomic E-state index is 0.392. The minimum Gasteiger partial charge on any atom is -0.329 e. The van der Waals surface area contributed by atoms with Crippen molar-refractivity contribution in [3.8, 4) is 0 Å². The summed E-state index contributed by atoms with van der Waals surface area (Å²) >= 11 is 0. The van der Waals surface area contributed by atoms with Crippen LogP contribution in [0.15, 0.2) is 30.3 Å². The fourth-order valence-electron chi connectivity index (χ4n) is 2.98. The molecule has 1 aromatic rings. The standard InChI is InChI=1S/C14H20N2/c15-11-14(7-8-14)16-9-6-13(10-16)12-4-2-1-3-5-12/h1-5,13H,6-11,15H2. The maximum Gasteiger partial charge on any atom is 0.0333 e. The van der Waals surface area contributed by atoms with E-state index in [1.54, 1.807) is 0 Å². The molecular formula is C14H20N2. The van der Waals surface area contributed by atoms with Crippen molar-refractivity contribution < 1.29 is 0 Å². The molecule has 1 saturated carbocycles. The first-order valence-electron chi connectivity index (χ1n) is 6.34. The molecule has 3 rings (SSSR count). The highest BCUT2D eigenvalue weighted by atomic mass is 15.3. The Bertz CT molecular complexity index is 356. The molecule has 2 N–H and O–H groups in total. The van der Waals surface area contributed by atoms with Crippen LogP contribution < -0.4 is 5.73 Å². The quantitative estimate of drug-likeness (QED) is 0.837. The predicted octanol–water partition coefficient (Wildman–Crippen LogP) is 1.97. The van der Waals surface area contributed by atoms with Crippen molar-refractivity contribution in [2.45, 2.75) is 30.7 Å². The van der Waals surface area contributed by atoms with Gasteiger partial charge in [-0.25, -0.2) is 0 Å². The molecular weight excluding hydrogens is 196 g/mol. The first kappa shape index (κ1) is 10.3. The van der Waals surface area contributed by atoms with E-state index in [1.165, 1.54) is 37.9 Å². The lowest BCUT2D eigenvalue weighted by atomic mass is 9.99. The highest BCUT2D eigenvalue weighted by Crippen LogP contribution is 2.44. The first-order valence-corrected chi connectivity index (χ1v) is 6.34. The molecule has 0 radical (unpaired) electrons. The Hall–Kier alpha value is -0.860. The number of rotatable bonds is 3. The molecule has 0 amide bonds. The maximum atomic E-state index is 5.89. The summed E-state index contributed by atoms with van der Waals surface area (Å²) in [6.45, 7) is 3.28. The van der Waals surface area contributed by atoms with E-state index in [0.29, 0.717) is 5.54 Å². The summed E-state index contributed by atoms with van der Waals surface area (Å²) in [4.78, 5) is 2.63. The molecule has 2 nitrogen and oxygen atoms in total. The molecule has 2 aliphatic rings. The Morgan fingerprint density at radius 3 is 2.62 bits per heavy atom. The summed E-state index contributed by atoms with van der Waals surface area (Å²) in [6, 6.07) is 10.9. The van der Waals surface area contributed by atoms with Gasteiger partial charge in [-0.2, -0.15) is 0 Å². The zero-order valence-corrected chi connectivity index (χ0v) is 9.73. The van der Waals surface area contributed by atoms with Gasteiger partial charge < -0.3 is 5.73 Å². The molecule has 16 heavy (non-hydrogen) atoms. The highest BCUT2D eigenvalue weighted by molar-refractivity contribution is 5.22. The van der Waals surface area contributed by atoms with Gasteiger partial charge in [0.2, 0.25) is 0 Å². The molecule has 0 bridgehead atoms. The van der Waals surface area contributed by atoms with Crippen molar-refractivity contribution in [1.82, 2.24) is 4.90 Å². The van der Waals surface area contributed by atoms with Crippen LogP contribution in [0, 0.1) is 0 Å². The lowest BCUT2D eigenvalue weighted by Crippen LogP contribution is -2.41. The van der Waals surface area contributed by atoms with E-state index in [0.717, 1.165) is 12.5 Å². The first-order chi connectivity index (χ1) is 7.84. The zero-order valence-electron chi connectivity index (χ0n) is 9.73. The maximum absolute atomic E-state index is 5.89. The molecule has 2 heteroatoms. The van der Waals surface area contributed by atoms with Crippen LogP contribution in [0.1, 0.15) is 30.7 Å². The Labute approximate surface area is 97.4 Å². The Morgan fingerprint density at radius 1 is 1.25 bits per heavy atom. The molecule has 2 fully saturated rings. The van der Waals surface area contributed by atoms with Crippen LogP contribution in [0.5, 0.6) is 0 Å². The van der Waals surface area contributed by atoms with Crippen LogP contribution >= 0.6 is 0 Å². The summed E-state index contributed by atoms with van der Waals surface area (Å²) in [6.07, 6.45) is 3.92. The van der Waals surface area contributed by atoms with Gasteiger partial charge in [0.05, 0.1) is 0 Å². The summed E-state index contributed by atoms with van der Waals surface area (Å²) in [5, 5.41) is 0. The van der Waals surface area contributed by atoms with Gasteiger partial charge in [0.25, 0.3) is 0 Å². The third-order valence-corrected chi connectivity index (χ3v) is 4.34. The van der Waals surface area contributed by atoms with Crippen molar-refractivity contribution in [3.63, 3.8) is 0 Å². The van der Waals surface area contributed by atoms with E-state index in [4.69, 9.17) is 5.73 Å². The van der Waals surface area contributed by atoms with Crippen LogP contribution in [0.4, 0.5) is 0 Å². The highest BCUT2D eigenvalue weighted by Gasteiger charge is 2.48. The molecule has 1 atom stereocenters. The van der Waals surface area contributed by atoms with Crippen LogP contribution in [-0.2, 0) is 0 Å². The molecule has 0 aromatic heterocycles. The molecule has 1 saturated heterocycles. The number of nitrogens with zero attached hydrogens (tertiary/aromatic N) is 1. The van der Waals surface area contributed by atoms with E-state index in [-0.39, 0.29) is 0 Å². The van der Waals surface area contributed by atoms with Gasteiger partial charge in [-0.15, -0.1) is 0 Å². The van der Waals surface area contributed by atoms with Gasteiger partial charge >= 0.3 is 0 Å².